The molecule has 0 aliphatic carbocycles. The van der Waals surface area contributed by atoms with Crippen LogP contribution in [0.2, 0.25) is 0 Å². The quantitative estimate of drug-likeness (QED) is 0.432. The lowest BCUT2D eigenvalue weighted by Crippen LogP contribution is -2.10. The molecule has 0 radical (unpaired) electrons. The first-order chi connectivity index (χ1) is 15.0. The Balaban J connectivity index is 1.99. The van der Waals surface area contributed by atoms with E-state index in [0.717, 1.165) is 0 Å². The fourth-order valence-corrected chi connectivity index (χ4v) is 3.22. The molecule has 0 N–H and O–H groups in total. The Labute approximate surface area is 190 Å². The van der Waals surface area contributed by atoms with Crippen LogP contribution < -0.4 is 9.47 Å². The van der Waals surface area contributed by atoms with Crippen LogP contribution in [0.25, 0.3) is 0 Å². The van der Waals surface area contributed by atoms with Crippen molar-refractivity contribution in [2.75, 3.05) is 0 Å². The average Bonchev–Trinajstić information content (AvgIpc) is 2.74. The Morgan fingerprint density at radius 1 is 0.625 bits per heavy atom. The van der Waals surface area contributed by atoms with E-state index in [4.69, 9.17) is 9.47 Å². The van der Waals surface area contributed by atoms with Gasteiger partial charge in [-0.15, -0.1) is 0 Å². The fourth-order valence-electron chi connectivity index (χ4n) is 3.22. The molecule has 0 aliphatic rings. The Morgan fingerprint density at radius 3 is 1.50 bits per heavy atom. The molecule has 0 saturated carbocycles. The number of hydrogen-bond donors (Lipinski definition) is 0. The summed E-state index contributed by atoms with van der Waals surface area (Å²) >= 11 is 0. The highest BCUT2D eigenvalue weighted by molar-refractivity contribution is 5.59. The number of benzene rings is 3. The van der Waals surface area contributed by atoms with Crippen LogP contribution in [0, 0.1) is 22.7 Å². The van der Waals surface area contributed by atoms with Gasteiger partial charge in [0, 0.05) is 6.07 Å². The number of rotatable bonds is 4. The van der Waals surface area contributed by atoms with E-state index in [0.29, 0.717) is 22.8 Å². The van der Waals surface area contributed by atoms with E-state index < -0.39 is 0 Å². The van der Waals surface area contributed by atoms with Crippen LogP contribution in [-0.4, -0.2) is 0 Å². The molecule has 0 fully saturated rings. The first-order valence-corrected chi connectivity index (χ1v) is 10.6. The maximum atomic E-state index is 9.69. The lowest BCUT2D eigenvalue weighted by molar-refractivity contribution is 0.417. The molecular formula is C28H28N2O2. The van der Waals surface area contributed by atoms with Crippen LogP contribution in [0.5, 0.6) is 23.0 Å². The first kappa shape index (κ1) is 22.9. The zero-order valence-corrected chi connectivity index (χ0v) is 19.5. The maximum Gasteiger partial charge on any atom is 0.187 e. The van der Waals surface area contributed by atoms with E-state index in [1.165, 1.54) is 17.2 Å². The summed E-state index contributed by atoms with van der Waals surface area (Å²) < 4.78 is 12.2. The second-order valence-electron chi connectivity index (χ2n) is 9.83. The monoisotopic (exact) mass is 424 g/mol. The van der Waals surface area contributed by atoms with Gasteiger partial charge in [-0.25, -0.2) is 0 Å². The molecule has 3 aromatic rings. The molecule has 0 bridgehead atoms. The smallest absolute Gasteiger partial charge is 0.187 e. The zero-order valence-electron chi connectivity index (χ0n) is 19.5. The van der Waals surface area contributed by atoms with Gasteiger partial charge in [-0.1, -0.05) is 65.8 Å². The molecule has 4 heteroatoms. The summed E-state index contributed by atoms with van der Waals surface area (Å²) in [5.74, 6) is 1.80. The molecule has 0 atom stereocenters. The third-order valence-corrected chi connectivity index (χ3v) is 5.19. The summed E-state index contributed by atoms with van der Waals surface area (Å²) in [7, 11) is 0. The molecule has 162 valence electrons. The largest absolute Gasteiger partial charge is 0.453 e. The summed E-state index contributed by atoms with van der Waals surface area (Å²) in [5, 5.41) is 19.1. The Kier molecular flexibility index (Phi) is 6.28. The normalized spacial score (nSPS) is 11.4. The van der Waals surface area contributed by atoms with E-state index in [1.807, 2.05) is 48.5 Å². The van der Waals surface area contributed by atoms with E-state index in [1.54, 1.807) is 6.07 Å². The highest BCUT2D eigenvalue weighted by Crippen LogP contribution is 2.39. The zero-order chi connectivity index (χ0) is 23.5. The van der Waals surface area contributed by atoms with Crippen LogP contribution in [-0.2, 0) is 10.8 Å². The Bertz CT molecular complexity index is 1180. The predicted molar refractivity (Wildman–Crippen MR) is 126 cm³/mol. The van der Waals surface area contributed by atoms with Crippen molar-refractivity contribution < 1.29 is 9.47 Å². The highest BCUT2D eigenvalue weighted by Gasteiger charge is 2.18. The number of hydrogen-bond acceptors (Lipinski definition) is 4. The molecule has 0 spiro atoms. The van der Waals surface area contributed by atoms with Gasteiger partial charge in [-0.05, 0) is 52.3 Å². The fraction of sp³-hybridized carbons (Fsp3) is 0.286. The van der Waals surface area contributed by atoms with Crippen molar-refractivity contribution in [1.82, 2.24) is 0 Å². The van der Waals surface area contributed by atoms with Crippen molar-refractivity contribution >= 4 is 0 Å². The van der Waals surface area contributed by atoms with Gasteiger partial charge in [-0.3, -0.25) is 0 Å². The third kappa shape index (κ3) is 5.29. The van der Waals surface area contributed by atoms with E-state index in [2.05, 4.69) is 53.7 Å². The highest BCUT2D eigenvalue weighted by atomic mass is 16.5. The van der Waals surface area contributed by atoms with Crippen molar-refractivity contribution in [3.8, 4) is 35.1 Å². The number of nitrogens with zero attached hydrogens (tertiary/aromatic N) is 2. The van der Waals surface area contributed by atoms with E-state index in [-0.39, 0.29) is 22.1 Å². The van der Waals surface area contributed by atoms with Gasteiger partial charge in [0.2, 0.25) is 0 Å². The van der Waals surface area contributed by atoms with Gasteiger partial charge in [0.05, 0.1) is 17.2 Å². The standard InChI is InChI=1S/C28H28N2O2/c1-27(2,3)21-7-11-23(12-8-21)31-25-16-19(17-29)15-20(18-30)26(25)32-24-13-9-22(10-14-24)28(4,5)6/h7-16H,1-6H3. The van der Waals surface area contributed by atoms with Crippen LogP contribution in [0.4, 0.5) is 0 Å². The molecule has 0 unspecified atom stereocenters. The molecule has 0 amide bonds. The maximum absolute atomic E-state index is 9.69. The summed E-state index contributed by atoms with van der Waals surface area (Å²) in [6.07, 6.45) is 0. The molecular weight excluding hydrogens is 396 g/mol. The van der Waals surface area contributed by atoms with Crippen molar-refractivity contribution in [3.05, 3.63) is 82.9 Å². The second kappa shape index (κ2) is 8.77. The van der Waals surface area contributed by atoms with Gasteiger partial charge in [0.15, 0.2) is 11.5 Å². The summed E-state index contributed by atoms with van der Waals surface area (Å²) in [6.45, 7) is 12.9. The van der Waals surface area contributed by atoms with Crippen molar-refractivity contribution in [2.45, 2.75) is 52.4 Å². The van der Waals surface area contributed by atoms with Crippen LogP contribution in [0.3, 0.4) is 0 Å². The molecule has 0 aliphatic heterocycles. The van der Waals surface area contributed by atoms with Gasteiger partial charge in [0.25, 0.3) is 0 Å². The van der Waals surface area contributed by atoms with Gasteiger partial charge in [0.1, 0.15) is 17.6 Å². The Hall–Kier alpha value is -3.76. The van der Waals surface area contributed by atoms with Crippen LogP contribution >= 0.6 is 0 Å². The minimum atomic E-state index is 0.0261. The van der Waals surface area contributed by atoms with Crippen LogP contribution in [0.15, 0.2) is 60.7 Å². The minimum Gasteiger partial charge on any atom is -0.453 e. The van der Waals surface area contributed by atoms with Crippen molar-refractivity contribution in [1.29, 1.82) is 10.5 Å². The SMILES string of the molecule is CC(C)(C)c1ccc(Oc2cc(C#N)cc(C#N)c2Oc2ccc(C(C)(C)C)cc2)cc1. The second-order valence-corrected chi connectivity index (χ2v) is 9.83. The third-order valence-electron chi connectivity index (χ3n) is 5.19. The molecule has 4 nitrogen and oxygen atoms in total. The van der Waals surface area contributed by atoms with Gasteiger partial charge >= 0.3 is 0 Å². The van der Waals surface area contributed by atoms with Gasteiger partial charge < -0.3 is 9.47 Å². The predicted octanol–water partition coefficient (Wildman–Crippen LogP) is 7.61. The molecule has 0 saturated heterocycles. The first-order valence-electron chi connectivity index (χ1n) is 10.6. The lowest BCUT2D eigenvalue weighted by atomic mass is 9.87. The topological polar surface area (TPSA) is 66.0 Å². The molecule has 3 rings (SSSR count). The minimum absolute atomic E-state index is 0.0261. The van der Waals surface area contributed by atoms with E-state index >= 15 is 0 Å². The van der Waals surface area contributed by atoms with Crippen LogP contribution in [0.1, 0.15) is 63.8 Å². The molecule has 32 heavy (non-hydrogen) atoms. The van der Waals surface area contributed by atoms with Crippen molar-refractivity contribution in [2.24, 2.45) is 0 Å². The average molecular weight is 425 g/mol. The molecule has 0 heterocycles. The molecule has 0 aromatic heterocycles. The lowest BCUT2D eigenvalue weighted by Gasteiger charge is -2.20. The van der Waals surface area contributed by atoms with Gasteiger partial charge in [-0.2, -0.15) is 10.5 Å². The summed E-state index contributed by atoms with van der Waals surface area (Å²) in [4.78, 5) is 0. The molecule has 3 aromatic carbocycles. The number of nitriles is 2. The van der Waals surface area contributed by atoms with Crippen molar-refractivity contribution in [3.63, 3.8) is 0 Å². The number of ether oxygens (including phenoxy) is 2. The van der Waals surface area contributed by atoms with E-state index in [9.17, 15) is 10.5 Å². The summed E-state index contributed by atoms with van der Waals surface area (Å²) in [5.41, 5.74) is 2.99. The Morgan fingerprint density at radius 2 is 1.09 bits per heavy atom. The summed E-state index contributed by atoms with van der Waals surface area (Å²) in [6, 6.07) is 22.9.